The Labute approximate surface area is 110 Å². The van der Waals surface area contributed by atoms with Gasteiger partial charge < -0.3 is 9.84 Å². The summed E-state index contributed by atoms with van der Waals surface area (Å²) in [4.78, 5) is 10.7. The van der Waals surface area contributed by atoms with Crippen molar-refractivity contribution < 1.29 is 27.2 Å². The predicted molar refractivity (Wildman–Crippen MR) is 64.6 cm³/mol. The van der Waals surface area contributed by atoms with Crippen molar-refractivity contribution in [3.8, 4) is 0 Å². The van der Waals surface area contributed by atoms with E-state index < -0.39 is 22.5 Å². The van der Waals surface area contributed by atoms with Crippen LogP contribution in [-0.2, 0) is 25.8 Å². The van der Waals surface area contributed by atoms with E-state index in [2.05, 4.69) is 4.18 Å². The minimum atomic E-state index is -4.18. The predicted octanol–water partition coefficient (Wildman–Crippen LogP) is 0.827. The van der Waals surface area contributed by atoms with Crippen molar-refractivity contribution in [1.82, 2.24) is 4.31 Å². The molecule has 1 N–H and O–H groups in total. The van der Waals surface area contributed by atoms with E-state index in [9.17, 15) is 13.2 Å². The Morgan fingerprint density at radius 1 is 1.42 bits per heavy atom. The molecule has 1 fully saturated rings. The lowest BCUT2D eigenvalue weighted by molar-refractivity contribution is 0.0539. The lowest BCUT2D eigenvalue weighted by Gasteiger charge is -2.08. The number of amides is 1. The highest BCUT2D eigenvalue weighted by Gasteiger charge is 2.40. The number of rotatable bonds is 4. The Morgan fingerprint density at radius 2 is 2.11 bits per heavy atom. The first kappa shape index (κ1) is 13.8. The van der Waals surface area contributed by atoms with Crippen LogP contribution in [0.25, 0.3) is 0 Å². The lowest BCUT2D eigenvalue weighted by atomic mass is 10.2. The second kappa shape index (κ2) is 5.55. The summed E-state index contributed by atoms with van der Waals surface area (Å²) in [6.45, 7) is 0.0815. The van der Waals surface area contributed by atoms with Crippen molar-refractivity contribution in [2.45, 2.75) is 12.7 Å². The van der Waals surface area contributed by atoms with Gasteiger partial charge >= 0.3 is 16.4 Å². The van der Waals surface area contributed by atoms with Crippen LogP contribution < -0.4 is 0 Å². The largest absolute Gasteiger partial charge is 0.464 e. The van der Waals surface area contributed by atoms with Gasteiger partial charge in [0.05, 0.1) is 19.8 Å². The van der Waals surface area contributed by atoms with Crippen molar-refractivity contribution in [3.05, 3.63) is 35.9 Å². The summed E-state index contributed by atoms with van der Waals surface area (Å²) < 4.78 is 32.9. The SMILES string of the molecule is O=C(O)N1CC(COCc2ccccc2)OS1(=O)=O. The van der Waals surface area contributed by atoms with Gasteiger partial charge in [-0.3, -0.25) is 0 Å². The highest BCUT2D eigenvalue weighted by molar-refractivity contribution is 7.85. The molecule has 8 heteroatoms. The molecule has 0 bridgehead atoms. The van der Waals surface area contributed by atoms with Gasteiger partial charge in [0.25, 0.3) is 0 Å². The molecule has 1 amide bonds. The average Bonchev–Trinajstić information content (AvgIpc) is 2.66. The third-order valence-corrected chi connectivity index (χ3v) is 3.89. The highest BCUT2D eigenvalue weighted by atomic mass is 32.2. The number of hydrogen-bond donors (Lipinski definition) is 1. The van der Waals surface area contributed by atoms with Crippen LogP contribution >= 0.6 is 0 Å². The van der Waals surface area contributed by atoms with E-state index in [1.54, 1.807) is 0 Å². The fourth-order valence-electron chi connectivity index (χ4n) is 1.67. The number of ether oxygens (including phenoxy) is 1. The van der Waals surface area contributed by atoms with Gasteiger partial charge in [-0.15, -0.1) is 0 Å². The molecule has 104 valence electrons. The number of carboxylic acid groups (broad SMARTS) is 1. The molecule has 1 unspecified atom stereocenters. The molecular formula is C11H13NO6S. The zero-order valence-electron chi connectivity index (χ0n) is 9.93. The maximum atomic E-state index is 11.3. The van der Waals surface area contributed by atoms with E-state index >= 15 is 0 Å². The summed E-state index contributed by atoms with van der Waals surface area (Å²) in [7, 11) is -4.18. The third-order valence-electron chi connectivity index (χ3n) is 2.53. The second-order valence-electron chi connectivity index (χ2n) is 3.99. The molecule has 1 aliphatic heterocycles. The van der Waals surface area contributed by atoms with Crippen molar-refractivity contribution >= 4 is 16.4 Å². The Hall–Kier alpha value is -1.64. The van der Waals surface area contributed by atoms with Crippen LogP contribution in [0.3, 0.4) is 0 Å². The van der Waals surface area contributed by atoms with E-state index in [1.165, 1.54) is 0 Å². The molecule has 19 heavy (non-hydrogen) atoms. The third kappa shape index (κ3) is 3.43. The van der Waals surface area contributed by atoms with Crippen molar-refractivity contribution in [2.24, 2.45) is 0 Å². The van der Waals surface area contributed by atoms with Crippen LogP contribution in [0, 0.1) is 0 Å². The van der Waals surface area contributed by atoms with E-state index in [-0.39, 0.29) is 17.5 Å². The fourth-order valence-corrected chi connectivity index (χ4v) is 2.77. The van der Waals surface area contributed by atoms with Gasteiger partial charge in [-0.1, -0.05) is 30.3 Å². The highest BCUT2D eigenvalue weighted by Crippen LogP contribution is 2.18. The molecule has 0 aliphatic carbocycles. The molecular weight excluding hydrogens is 274 g/mol. The molecule has 1 aromatic carbocycles. The maximum Gasteiger partial charge on any atom is 0.422 e. The first-order valence-corrected chi connectivity index (χ1v) is 6.91. The van der Waals surface area contributed by atoms with Crippen LogP contribution in [0.15, 0.2) is 30.3 Å². The summed E-state index contributed by atoms with van der Waals surface area (Å²) in [5, 5.41) is 8.70. The molecule has 1 aliphatic rings. The summed E-state index contributed by atoms with van der Waals surface area (Å²) in [5.74, 6) is 0. The molecule has 7 nitrogen and oxygen atoms in total. The topological polar surface area (TPSA) is 93.1 Å². The van der Waals surface area contributed by atoms with Crippen LogP contribution in [0.1, 0.15) is 5.56 Å². The van der Waals surface area contributed by atoms with Crippen LogP contribution in [0.5, 0.6) is 0 Å². The quantitative estimate of drug-likeness (QED) is 0.881. The van der Waals surface area contributed by atoms with Gasteiger partial charge in [-0.05, 0) is 5.56 Å². The monoisotopic (exact) mass is 287 g/mol. The van der Waals surface area contributed by atoms with E-state index in [0.717, 1.165) is 5.56 Å². The summed E-state index contributed by atoms with van der Waals surface area (Å²) in [5.41, 5.74) is 0.943. The Kier molecular flexibility index (Phi) is 4.03. The molecule has 0 aromatic heterocycles. The molecule has 1 atom stereocenters. The number of nitrogens with zero attached hydrogens (tertiary/aromatic N) is 1. The number of hydrogen-bond acceptors (Lipinski definition) is 5. The number of benzene rings is 1. The Morgan fingerprint density at radius 3 is 2.68 bits per heavy atom. The van der Waals surface area contributed by atoms with Gasteiger partial charge in [0.15, 0.2) is 0 Å². The van der Waals surface area contributed by atoms with Crippen LogP contribution in [0.2, 0.25) is 0 Å². The molecule has 0 spiro atoms. The average molecular weight is 287 g/mol. The van der Waals surface area contributed by atoms with Gasteiger partial charge in [0.1, 0.15) is 6.10 Å². The minimum absolute atomic E-state index is 0.0118. The van der Waals surface area contributed by atoms with Crippen LogP contribution in [-0.4, -0.2) is 43.2 Å². The van der Waals surface area contributed by atoms with Crippen molar-refractivity contribution in [3.63, 3.8) is 0 Å². The molecule has 0 radical (unpaired) electrons. The van der Waals surface area contributed by atoms with Gasteiger partial charge in [-0.2, -0.15) is 12.7 Å². The molecule has 1 saturated heterocycles. The molecule has 2 rings (SSSR count). The Balaban J connectivity index is 1.84. The maximum absolute atomic E-state index is 11.3. The molecule has 1 aromatic rings. The minimum Gasteiger partial charge on any atom is -0.464 e. The standard InChI is InChI=1S/C11H13NO6S/c13-11(14)12-6-10(18-19(12,15)16)8-17-7-9-4-2-1-3-5-9/h1-5,10H,6-8H2,(H,13,14). The van der Waals surface area contributed by atoms with Gasteiger partial charge in [-0.25, -0.2) is 8.98 Å². The van der Waals surface area contributed by atoms with Crippen molar-refractivity contribution in [1.29, 1.82) is 0 Å². The summed E-state index contributed by atoms with van der Waals surface area (Å²) in [6, 6.07) is 9.34. The second-order valence-corrected chi connectivity index (χ2v) is 5.48. The first-order chi connectivity index (χ1) is 8.99. The molecule has 0 saturated carbocycles. The van der Waals surface area contributed by atoms with Crippen molar-refractivity contribution in [2.75, 3.05) is 13.2 Å². The summed E-state index contributed by atoms with van der Waals surface area (Å²) >= 11 is 0. The first-order valence-electron chi connectivity index (χ1n) is 5.54. The van der Waals surface area contributed by atoms with E-state index in [0.29, 0.717) is 6.61 Å². The van der Waals surface area contributed by atoms with E-state index in [4.69, 9.17) is 9.84 Å². The lowest BCUT2D eigenvalue weighted by Crippen LogP contribution is -2.31. The fraction of sp³-hybridized carbons (Fsp3) is 0.364. The van der Waals surface area contributed by atoms with E-state index in [1.807, 2.05) is 30.3 Å². The zero-order chi connectivity index (χ0) is 13.9. The van der Waals surface area contributed by atoms with Gasteiger partial charge in [0, 0.05) is 0 Å². The molecule has 1 heterocycles. The summed E-state index contributed by atoms with van der Waals surface area (Å²) in [6.07, 6.45) is -2.35. The zero-order valence-corrected chi connectivity index (χ0v) is 10.7. The van der Waals surface area contributed by atoms with Crippen LogP contribution in [0.4, 0.5) is 4.79 Å². The number of carbonyl (C=O) groups is 1. The normalized spacial score (nSPS) is 21.5. The smallest absolute Gasteiger partial charge is 0.422 e. The Bertz CT molecular complexity index is 544. The van der Waals surface area contributed by atoms with Gasteiger partial charge in [0.2, 0.25) is 0 Å².